The number of hydrogen-bond donors (Lipinski definition) is 1. The number of rotatable bonds is 6. The van der Waals surface area contributed by atoms with Gasteiger partial charge in [0.05, 0.1) is 22.8 Å². The second-order valence-corrected chi connectivity index (χ2v) is 8.05. The van der Waals surface area contributed by atoms with Gasteiger partial charge in [0, 0.05) is 6.07 Å². The van der Waals surface area contributed by atoms with E-state index in [1.807, 2.05) is 13.8 Å². The molecule has 0 unspecified atom stereocenters. The van der Waals surface area contributed by atoms with Gasteiger partial charge in [0.1, 0.15) is 5.75 Å². The van der Waals surface area contributed by atoms with Crippen molar-refractivity contribution in [3.63, 3.8) is 0 Å². The van der Waals surface area contributed by atoms with Gasteiger partial charge in [-0.1, -0.05) is 31.5 Å². The summed E-state index contributed by atoms with van der Waals surface area (Å²) in [5.74, 6) is 0.0624. The molecule has 8 heteroatoms. The molecule has 0 fully saturated rings. The van der Waals surface area contributed by atoms with E-state index in [1.165, 1.54) is 18.2 Å². The maximum atomic E-state index is 13.1. The van der Waals surface area contributed by atoms with Crippen molar-refractivity contribution in [3.8, 4) is 5.75 Å². The van der Waals surface area contributed by atoms with Crippen molar-refractivity contribution in [2.45, 2.75) is 31.8 Å². The molecule has 0 amide bonds. The summed E-state index contributed by atoms with van der Waals surface area (Å²) in [6.07, 6.45) is -4.62. The van der Waals surface area contributed by atoms with Crippen molar-refractivity contribution in [2.75, 3.05) is 11.3 Å². The third-order valence-electron chi connectivity index (χ3n) is 3.40. The van der Waals surface area contributed by atoms with Crippen LogP contribution < -0.4 is 9.46 Å². The Morgan fingerprint density at radius 1 is 1.08 bits per heavy atom. The molecule has 4 nitrogen and oxygen atoms in total. The van der Waals surface area contributed by atoms with Crippen molar-refractivity contribution in [1.82, 2.24) is 0 Å². The van der Waals surface area contributed by atoms with E-state index in [4.69, 9.17) is 4.74 Å². The largest absolute Gasteiger partial charge is 0.493 e. The zero-order valence-corrected chi connectivity index (χ0v) is 15.4. The molecule has 0 atom stereocenters. The smallest absolute Gasteiger partial charge is 0.416 e. The molecule has 1 N–H and O–H groups in total. The second kappa shape index (κ2) is 7.57. The van der Waals surface area contributed by atoms with Gasteiger partial charge in [0.25, 0.3) is 10.0 Å². The first kappa shape index (κ1) is 20.1. The van der Waals surface area contributed by atoms with Gasteiger partial charge in [-0.25, -0.2) is 8.42 Å². The Balaban J connectivity index is 2.37. The number of hydrogen-bond acceptors (Lipinski definition) is 3. The van der Waals surface area contributed by atoms with Crippen LogP contribution in [-0.2, 0) is 16.2 Å². The van der Waals surface area contributed by atoms with Crippen LogP contribution in [0.4, 0.5) is 18.9 Å². The molecule has 0 saturated heterocycles. The molecule has 0 radical (unpaired) electrons. The van der Waals surface area contributed by atoms with Crippen LogP contribution in [-0.4, -0.2) is 15.0 Å². The minimum atomic E-state index is -4.62. The van der Waals surface area contributed by atoms with Crippen molar-refractivity contribution >= 4 is 15.7 Å². The first-order valence-electron chi connectivity index (χ1n) is 7.92. The van der Waals surface area contributed by atoms with Crippen LogP contribution in [0.2, 0.25) is 0 Å². The SMILES string of the molecule is Cc1ccc(S(=O)(=O)Nc2cc(OCC(C)C)cc(C(F)(F)F)c2)cc1. The lowest BCUT2D eigenvalue weighted by Gasteiger charge is -2.15. The van der Waals surface area contributed by atoms with Crippen molar-refractivity contribution in [1.29, 1.82) is 0 Å². The topological polar surface area (TPSA) is 55.4 Å². The van der Waals surface area contributed by atoms with Crippen LogP contribution in [0.1, 0.15) is 25.0 Å². The number of anilines is 1. The molecule has 0 aromatic heterocycles. The quantitative estimate of drug-likeness (QED) is 0.771. The molecule has 0 aliphatic rings. The highest BCUT2D eigenvalue weighted by Gasteiger charge is 2.32. The fourth-order valence-electron chi connectivity index (χ4n) is 2.10. The molecule has 0 aliphatic heterocycles. The van der Waals surface area contributed by atoms with Gasteiger partial charge in [-0.15, -0.1) is 0 Å². The summed E-state index contributed by atoms with van der Waals surface area (Å²) in [7, 11) is -4.01. The molecular weight excluding hydrogens is 367 g/mol. The molecule has 0 bridgehead atoms. The van der Waals surface area contributed by atoms with Crippen LogP contribution in [0.3, 0.4) is 0 Å². The van der Waals surface area contributed by atoms with Crippen molar-refractivity contribution < 1.29 is 26.3 Å². The Hall–Kier alpha value is -2.22. The molecular formula is C18H20F3NO3S. The Kier molecular flexibility index (Phi) is 5.85. The Morgan fingerprint density at radius 2 is 1.69 bits per heavy atom. The molecule has 142 valence electrons. The van der Waals surface area contributed by atoms with Gasteiger partial charge in [-0.05, 0) is 37.1 Å². The monoisotopic (exact) mass is 387 g/mol. The lowest BCUT2D eigenvalue weighted by molar-refractivity contribution is -0.137. The minimum absolute atomic E-state index is 0.0369. The normalized spacial score (nSPS) is 12.3. The summed E-state index contributed by atoms with van der Waals surface area (Å²) in [5.41, 5.74) is -0.327. The molecule has 2 rings (SSSR count). The number of halogens is 3. The summed E-state index contributed by atoms with van der Waals surface area (Å²) in [6, 6.07) is 8.84. The summed E-state index contributed by atoms with van der Waals surface area (Å²) in [5, 5.41) is 0. The highest BCUT2D eigenvalue weighted by molar-refractivity contribution is 7.92. The number of ether oxygens (including phenoxy) is 1. The fraction of sp³-hybridized carbons (Fsp3) is 0.333. The average molecular weight is 387 g/mol. The maximum Gasteiger partial charge on any atom is 0.416 e. The molecule has 2 aromatic rings. The van der Waals surface area contributed by atoms with Gasteiger partial charge in [-0.3, -0.25) is 4.72 Å². The number of nitrogens with one attached hydrogen (secondary N) is 1. The third-order valence-corrected chi connectivity index (χ3v) is 4.80. The van der Waals surface area contributed by atoms with Crippen LogP contribution in [0, 0.1) is 12.8 Å². The second-order valence-electron chi connectivity index (χ2n) is 6.37. The highest BCUT2D eigenvalue weighted by atomic mass is 32.2. The predicted molar refractivity (Wildman–Crippen MR) is 93.8 cm³/mol. The minimum Gasteiger partial charge on any atom is -0.493 e. The lowest BCUT2D eigenvalue weighted by atomic mass is 10.2. The van der Waals surface area contributed by atoms with E-state index in [0.29, 0.717) is 0 Å². The van der Waals surface area contributed by atoms with Crippen LogP contribution in [0.25, 0.3) is 0 Å². The van der Waals surface area contributed by atoms with Gasteiger partial charge >= 0.3 is 6.18 Å². The Bertz CT molecular complexity index is 860. The summed E-state index contributed by atoms with van der Waals surface area (Å²) >= 11 is 0. The molecule has 0 saturated carbocycles. The predicted octanol–water partition coefficient (Wildman–Crippen LogP) is 4.85. The first-order chi connectivity index (χ1) is 12.0. The summed E-state index contributed by atoms with van der Waals surface area (Å²) in [6.45, 7) is 5.73. The zero-order valence-electron chi connectivity index (χ0n) is 14.6. The van der Waals surface area contributed by atoms with E-state index >= 15 is 0 Å². The van der Waals surface area contributed by atoms with Crippen LogP contribution in [0.15, 0.2) is 47.4 Å². The maximum absolute atomic E-state index is 13.1. The Labute approximate surface area is 151 Å². The Morgan fingerprint density at radius 3 is 2.23 bits per heavy atom. The van der Waals surface area contributed by atoms with E-state index < -0.39 is 21.8 Å². The fourth-order valence-corrected chi connectivity index (χ4v) is 3.14. The molecule has 2 aromatic carbocycles. The van der Waals surface area contributed by atoms with Crippen LogP contribution in [0.5, 0.6) is 5.75 Å². The number of aryl methyl sites for hydroxylation is 1. The van der Waals surface area contributed by atoms with Crippen LogP contribution >= 0.6 is 0 Å². The van der Waals surface area contributed by atoms with E-state index in [1.54, 1.807) is 19.1 Å². The number of sulfonamides is 1. The van der Waals surface area contributed by atoms with E-state index in [9.17, 15) is 21.6 Å². The molecule has 26 heavy (non-hydrogen) atoms. The third kappa shape index (κ3) is 5.39. The van der Waals surface area contributed by atoms with Gasteiger partial charge < -0.3 is 4.74 Å². The standard InChI is InChI=1S/C18H20F3NO3S/c1-12(2)11-25-16-9-14(18(19,20)21)8-15(10-16)22-26(23,24)17-6-4-13(3)5-7-17/h4-10,12,22H,11H2,1-3H3. The van der Waals surface area contributed by atoms with Gasteiger partial charge in [0.2, 0.25) is 0 Å². The first-order valence-corrected chi connectivity index (χ1v) is 9.40. The molecule has 0 aliphatic carbocycles. The van der Waals surface area contributed by atoms with Crippen molar-refractivity contribution in [2.24, 2.45) is 5.92 Å². The lowest BCUT2D eigenvalue weighted by Crippen LogP contribution is -2.15. The zero-order chi connectivity index (χ0) is 19.5. The molecule has 0 heterocycles. The summed E-state index contributed by atoms with van der Waals surface area (Å²) in [4.78, 5) is -0.0369. The number of benzene rings is 2. The van der Waals surface area contributed by atoms with E-state index in [0.717, 1.165) is 17.7 Å². The van der Waals surface area contributed by atoms with Gasteiger partial charge in [-0.2, -0.15) is 13.2 Å². The van der Waals surface area contributed by atoms with E-state index in [-0.39, 0.29) is 28.9 Å². The van der Waals surface area contributed by atoms with E-state index in [2.05, 4.69) is 4.72 Å². The van der Waals surface area contributed by atoms with Crippen molar-refractivity contribution in [3.05, 3.63) is 53.6 Å². The molecule has 0 spiro atoms. The average Bonchev–Trinajstić information content (AvgIpc) is 2.52. The highest BCUT2D eigenvalue weighted by Crippen LogP contribution is 2.35. The van der Waals surface area contributed by atoms with Gasteiger partial charge in [0.15, 0.2) is 0 Å². The number of alkyl halides is 3. The summed E-state index contributed by atoms with van der Waals surface area (Å²) < 4.78 is 71.7.